The zero-order chi connectivity index (χ0) is 9.90. The lowest BCUT2D eigenvalue weighted by molar-refractivity contribution is -0.0623. The van der Waals surface area contributed by atoms with E-state index in [2.05, 4.69) is 10.2 Å². The fourth-order valence-corrected chi connectivity index (χ4v) is 1.66. The molecule has 0 aromatic carbocycles. The van der Waals surface area contributed by atoms with Gasteiger partial charge in [0.05, 0.1) is 11.7 Å². The summed E-state index contributed by atoms with van der Waals surface area (Å²) in [6, 6.07) is 0. The molecular weight excluding hydrogens is 168 g/mol. The van der Waals surface area contributed by atoms with Gasteiger partial charge in [0.2, 0.25) is 0 Å². The summed E-state index contributed by atoms with van der Waals surface area (Å²) < 4.78 is 0. The molecule has 1 fully saturated rings. The number of aliphatic hydroxyl groups is 2. The Labute approximate surface area is 79.6 Å². The number of hydrogen-bond acceptors (Lipinski definition) is 4. The molecule has 4 heteroatoms. The second-order valence-corrected chi connectivity index (χ2v) is 4.04. The highest BCUT2D eigenvalue weighted by Gasteiger charge is 2.33. The Hall–Kier alpha value is -0.160. The minimum absolute atomic E-state index is 0.589. The van der Waals surface area contributed by atoms with Crippen molar-refractivity contribution in [3.8, 4) is 0 Å². The Balaban J connectivity index is 2.47. The summed E-state index contributed by atoms with van der Waals surface area (Å²) in [5.41, 5.74) is -0.914. The third kappa shape index (κ3) is 2.91. The minimum atomic E-state index is -0.914. The molecular formula is C9H20N2O2. The number of rotatable bonds is 2. The molecule has 0 aliphatic carbocycles. The van der Waals surface area contributed by atoms with Crippen LogP contribution in [-0.2, 0) is 0 Å². The van der Waals surface area contributed by atoms with E-state index in [0.29, 0.717) is 12.8 Å². The van der Waals surface area contributed by atoms with Crippen molar-refractivity contribution in [2.24, 2.45) is 0 Å². The Morgan fingerprint density at radius 2 is 2.23 bits per heavy atom. The summed E-state index contributed by atoms with van der Waals surface area (Å²) in [7, 11) is 1.90. The van der Waals surface area contributed by atoms with Crippen LogP contribution in [-0.4, -0.2) is 53.6 Å². The Bertz CT molecular complexity index is 162. The van der Waals surface area contributed by atoms with Crippen LogP contribution < -0.4 is 5.32 Å². The van der Waals surface area contributed by atoms with E-state index in [1.807, 2.05) is 7.05 Å². The van der Waals surface area contributed by atoms with Gasteiger partial charge in [0.1, 0.15) is 0 Å². The van der Waals surface area contributed by atoms with Crippen LogP contribution in [0.2, 0.25) is 0 Å². The molecule has 2 atom stereocenters. The Kier molecular flexibility index (Phi) is 3.67. The first-order chi connectivity index (χ1) is 6.06. The highest BCUT2D eigenvalue weighted by molar-refractivity contribution is 4.86. The molecule has 0 saturated carbocycles. The predicted octanol–water partition coefficient (Wildman–Crippen LogP) is -0.629. The largest absolute Gasteiger partial charge is 0.390 e. The van der Waals surface area contributed by atoms with Gasteiger partial charge in [-0.15, -0.1) is 0 Å². The molecule has 1 saturated heterocycles. The van der Waals surface area contributed by atoms with Crippen molar-refractivity contribution < 1.29 is 10.2 Å². The monoisotopic (exact) mass is 188 g/mol. The van der Waals surface area contributed by atoms with Crippen molar-refractivity contribution >= 4 is 0 Å². The molecule has 1 aliphatic rings. The van der Waals surface area contributed by atoms with E-state index in [4.69, 9.17) is 0 Å². The van der Waals surface area contributed by atoms with E-state index in [1.54, 1.807) is 6.92 Å². The first kappa shape index (κ1) is 10.9. The second kappa shape index (κ2) is 4.37. The molecule has 0 radical (unpaired) electrons. The van der Waals surface area contributed by atoms with Gasteiger partial charge < -0.3 is 15.5 Å². The van der Waals surface area contributed by atoms with E-state index >= 15 is 0 Å². The number of nitrogens with zero attached hydrogens (tertiary/aromatic N) is 1. The summed E-state index contributed by atoms with van der Waals surface area (Å²) in [5, 5.41) is 22.5. The molecule has 0 bridgehead atoms. The molecule has 4 nitrogen and oxygen atoms in total. The second-order valence-electron chi connectivity index (χ2n) is 4.04. The van der Waals surface area contributed by atoms with Crippen molar-refractivity contribution in [1.29, 1.82) is 0 Å². The van der Waals surface area contributed by atoms with Crippen LogP contribution in [0, 0.1) is 0 Å². The fraction of sp³-hybridized carbons (Fsp3) is 1.00. The maximum atomic E-state index is 9.81. The SMILES string of the molecule is CNCN1CCC(O)C(C)(O)CC1. The summed E-state index contributed by atoms with van der Waals surface area (Å²) in [4.78, 5) is 2.20. The summed E-state index contributed by atoms with van der Waals surface area (Å²) in [5.74, 6) is 0. The standard InChI is InChI=1S/C9H20N2O2/c1-9(13)4-6-11(7-10-2)5-3-8(9)12/h8,10,12-13H,3-7H2,1-2H3. The molecule has 78 valence electrons. The Morgan fingerprint density at radius 1 is 1.54 bits per heavy atom. The molecule has 0 aromatic rings. The van der Waals surface area contributed by atoms with Crippen molar-refractivity contribution in [3.63, 3.8) is 0 Å². The quantitative estimate of drug-likeness (QED) is 0.540. The van der Waals surface area contributed by atoms with Gasteiger partial charge in [-0.05, 0) is 26.8 Å². The van der Waals surface area contributed by atoms with Gasteiger partial charge in [-0.25, -0.2) is 0 Å². The topological polar surface area (TPSA) is 55.7 Å². The van der Waals surface area contributed by atoms with Gasteiger partial charge >= 0.3 is 0 Å². The zero-order valence-electron chi connectivity index (χ0n) is 8.45. The van der Waals surface area contributed by atoms with Gasteiger partial charge in [-0.2, -0.15) is 0 Å². The maximum absolute atomic E-state index is 9.81. The Morgan fingerprint density at radius 3 is 2.85 bits per heavy atom. The van der Waals surface area contributed by atoms with Crippen LogP contribution >= 0.6 is 0 Å². The predicted molar refractivity (Wildman–Crippen MR) is 51.4 cm³/mol. The number of nitrogens with one attached hydrogen (secondary N) is 1. The average molecular weight is 188 g/mol. The van der Waals surface area contributed by atoms with Crippen molar-refractivity contribution in [1.82, 2.24) is 10.2 Å². The smallest absolute Gasteiger partial charge is 0.0890 e. The first-order valence-corrected chi connectivity index (χ1v) is 4.83. The molecule has 2 unspecified atom stereocenters. The third-order valence-corrected chi connectivity index (χ3v) is 2.75. The lowest BCUT2D eigenvalue weighted by Crippen LogP contribution is -2.39. The number of likely N-dealkylation sites (tertiary alicyclic amines) is 1. The maximum Gasteiger partial charge on any atom is 0.0890 e. The lowest BCUT2D eigenvalue weighted by Gasteiger charge is -2.26. The number of aliphatic hydroxyl groups excluding tert-OH is 1. The average Bonchev–Trinajstić information content (AvgIpc) is 2.19. The fourth-order valence-electron chi connectivity index (χ4n) is 1.66. The van der Waals surface area contributed by atoms with Gasteiger partial charge in [0.25, 0.3) is 0 Å². The van der Waals surface area contributed by atoms with Gasteiger partial charge in [-0.1, -0.05) is 0 Å². The normalized spacial score (nSPS) is 37.4. The van der Waals surface area contributed by atoms with Crippen LogP contribution in [0.4, 0.5) is 0 Å². The summed E-state index contributed by atoms with van der Waals surface area (Å²) in [6.45, 7) is 4.21. The highest BCUT2D eigenvalue weighted by atomic mass is 16.3. The zero-order valence-corrected chi connectivity index (χ0v) is 8.45. The van der Waals surface area contributed by atoms with Crippen LogP contribution in [0.1, 0.15) is 19.8 Å². The van der Waals surface area contributed by atoms with Gasteiger partial charge in [0, 0.05) is 19.8 Å². The highest BCUT2D eigenvalue weighted by Crippen LogP contribution is 2.21. The van der Waals surface area contributed by atoms with Crippen LogP contribution in [0.3, 0.4) is 0 Å². The van der Waals surface area contributed by atoms with E-state index in [1.165, 1.54) is 0 Å². The van der Waals surface area contributed by atoms with Gasteiger partial charge in [0.15, 0.2) is 0 Å². The minimum Gasteiger partial charge on any atom is -0.390 e. The molecule has 0 spiro atoms. The van der Waals surface area contributed by atoms with Gasteiger partial charge in [-0.3, -0.25) is 4.90 Å². The summed E-state index contributed by atoms with van der Waals surface area (Å²) >= 11 is 0. The van der Waals surface area contributed by atoms with Crippen LogP contribution in [0.15, 0.2) is 0 Å². The summed E-state index contributed by atoms with van der Waals surface area (Å²) in [6.07, 6.45) is 0.694. The third-order valence-electron chi connectivity index (χ3n) is 2.75. The van der Waals surface area contributed by atoms with E-state index in [9.17, 15) is 10.2 Å². The molecule has 13 heavy (non-hydrogen) atoms. The van der Waals surface area contributed by atoms with Crippen molar-refractivity contribution in [2.75, 3.05) is 26.8 Å². The van der Waals surface area contributed by atoms with Crippen LogP contribution in [0.5, 0.6) is 0 Å². The molecule has 1 heterocycles. The van der Waals surface area contributed by atoms with Crippen molar-refractivity contribution in [3.05, 3.63) is 0 Å². The molecule has 1 aliphatic heterocycles. The van der Waals surface area contributed by atoms with E-state index < -0.39 is 11.7 Å². The van der Waals surface area contributed by atoms with E-state index in [0.717, 1.165) is 19.8 Å². The molecule has 3 N–H and O–H groups in total. The van der Waals surface area contributed by atoms with E-state index in [-0.39, 0.29) is 0 Å². The van der Waals surface area contributed by atoms with Crippen LogP contribution in [0.25, 0.3) is 0 Å². The number of hydrogen-bond donors (Lipinski definition) is 3. The molecule has 1 rings (SSSR count). The van der Waals surface area contributed by atoms with Crippen molar-refractivity contribution in [2.45, 2.75) is 31.5 Å². The lowest BCUT2D eigenvalue weighted by atomic mass is 9.94. The molecule has 0 amide bonds. The molecule has 0 aromatic heterocycles. The first-order valence-electron chi connectivity index (χ1n) is 4.83.